The highest BCUT2D eigenvalue weighted by molar-refractivity contribution is 6.33. The lowest BCUT2D eigenvalue weighted by Crippen LogP contribution is -2.14. The first kappa shape index (κ1) is 14.1. The molecule has 1 N–H and O–H groups in total. The molecule has 0 heterocycles. The quantitative estimate of drug-likeness (QED) is 0.819. The summed E-state index contributed by atoms with van der Waals surface area (Å²) >= 11 is 5.74. The first-order valence-corrected chi connectivity index (χ1v) is 5.52. The second kappa shape index (κ2) is 6.12. The summed E-state index contributed by atoms with van der Waals surface area (Å²) in [6.07, 6.45) is -4.42. The first-order valence-electron chi connectivity index (χ1n) is 5.14. The van der Waals surface area contributed by atoms with Crippen molar-refractivity contribution in [2.24, 2.45) is 0 Å². The van der Waals surface area contributed by atoms with E-state index in [1.54, 1.807) is 0 Å². The number of nitrogens with one attached hydrogen (secondary N) is 1. The molecule has 2 nitrogen and oxygen atoms in total. The van der Waals surface area contributed by atoms with Gasteiger partial charge in [0.05, 0.1) is 22.9 Å². The number of hydrogen-bond donors (Lipinski definition) is 1. The van der Waals surface area contributed by atoms with Gasteiger partial charge in [-0.05, 0) is 19.1 Å². The number of rotatable bonds is 5. The molecule has 0 aromatic heterocycles. The van der Waals surface area contributed by atoms with E-state index in [9.17, 15) is 13.2 Å². The standard InChI is InChI=1S/C11H13ClF3NO/c1-2-17-7-6-16-10-8(11(13,14)15)4-3-5-9(10)12/h3-5,16H,2,6-7H2,1H3. The van der Waals surface area contributed by atoms with E-state index in [1.807, 2.05) is 6.92 Å². The maximum Gasteiger partial charge on any atom is 0.418 e. The van der Waals surface area contributed by atoms with Crippen LogP contribution in [0.25, 0.3) is 0 Å². The van der Waals surface area contributed by atoms with Crippen LogP contribution in [0.15, 0.2) is 18.2 Å². The van der Waals surface area contributed by atoms with Gasteiger partial charge < -0.3 is 10.1 Å². The average Bonchev–Trinajstić information content (AvgIpc) is 2.24. The summed E-state index contributed by atoms with van der Waals surface area (Å²) in [5, 5.41) is 2.70. The molecule has 0 amide bonds. The Morgan fingerprint density at radius 3 is 2.65 bits per heavy atom. The number of halogens is 4. The predicted molar refractivity (Wildman–Crippen MR) is 61.4 cm³/mol. The van der Waals surface area contributed by atoms with Crippen molar-refractivity contribution in [1.29, 1.82) is 0 Å². The predicted octanol–water partition coefficient (Wildman–Crippen LogP) is 3.81. The van der Waals surface area contributed by atoms with Crippen LogP contribution in [-0.4, -0.2) is 19.8 Å². The summed E-state index contributed by atoms with van der Waals surface area (Å²) in [4.78, 5) is 0. The molecule has 0 saturated heterocycles. The summed E-state index contributed by atoms with van der Waals surface area (Å²) in [5.41, 5.74) is -0.858. The highest BCUT2D eigenvalue weighted by Crippen LogP contribution is 2.38. The normalized spacial score (nSPS) is 11.6. The zero-order chi connectivity index (χ0) is 12.9. The zero-order valence-corrected chi connectivity index (χ0v) is 10.0. The molecular weight excluding hydrogens is 255 g/mol. The number of ether oxygens (including phenoxy) is 1. The molecule has 0 aliphatic heterocycles. The van der Waals surface area contributed by atoms with E-state index in [-0.39, 0.29) is 17.3 Å². The minimum Gasteiger partial charge on any atom is -0.381 e. The fourth-order valence-electron chi connectivity index (χ4n) is 1.33. The zero-order valence-electron chi connectivity index (χ0n) is 9.27. The Morgan fingerprint density at radius 2 is 2.06 bits per heavy atom. The lowest BCUT2D eigenvalue weighted by atomic mass is 10.1. The lowest BCUT2D eigenvalue weighted by molar-refractivity contribution is -0.136. The van der Waals surface area contributed by atoms with Crippen LogP contribution >= 0.6 is 11.6 Å². The summed E-state index contributed by atoms with van der Waals surface area (Å²) in [7, 11) is 0. The van der Waals surface area contributed by atoms with E-state index in [4.69, 9.17) is 16.3 Å². The van der Waals surface area contributed by atoms with Crippen molar-refractivity contribution in [1.82, 2.24) is 0 Å². The highest BCUT2D eigenvalue weighted by atomic mass is 35.5. The molecule has 1 aromatic rings. The molecule has 0 saturated carbocycles. The van der Waals surface area contributed by atoms with Gasteiger partial charge in [-0.15, -0.1) is 0 Å². The Kier molecular flexibility index (Phi) is 5.08. The number of benzene rings is 1. The van der Waals surface area contributed by atoms with E-state index in [0.29, 0.717) is 13.2 Å². The van der Waals surface area contributed by atoms with Gasteiger partial charge in [-0.2, -0.15) is 13.2 Å². The molecule has 6 heteroatoms. The largest absolute Gasteiger partial charge is 0.418 e. The second-order valence-electron chi connectivity index (χ2n) is 3.28. The van der Waals surface area contributed by atoms with Crippen molar-refractivity contribution >= 4 is 17.3 Å². The third-order valence-electron chi connectivity index (χ3n) is 2.07. The minimum absolute atomic E-state index is 0.0522. The van der Waals surface area contributed by atoms with Crippen LogP contribution in [0.5, 0.6) is 0 Å². The third-order valence-corrected chi connectivity index (χ3v) is 2.39. The Labute approximate surface area is 103 Å². The molecule has 0 unspecified atom stereocenters. The number of anilines is 1. The molecule has 0 atom stereocenters. The van der Waals surface area contributed by atoms with Gasteiger partial charge in [-0.3, -0.25) is 0 Å². The summed E-state index contributed by atoms with van der Waals surface area (Å²) in [6.45, 7) is 2.95. The van der Waals surface area contributed by atoms with Gasteiger partial charge in [0, 0.05) is 13.2 Å². The Hall–Kier alpha value is -0.940. The Balaban J connectivity index is 2.81. The van der Waals surface area contributed by atoms with Crippen LogP contribution in [0, 0.1) is 0 Å². The fraction of sp³-hybridized carbons (Fsp3) is 0.455. The number of hydrogen-bond acceptors (Lipinski definition) is 2. The van der Waals surface area contributed by atoms with Crippen molar-refractivity contribution in [2.45, 2.75) is 13.1 Å². The van der Waals surface area contributed by atoms with E-state index < -0.39 is 11.7 Å². The van der Waals surface area contributed by atoms with E-state index in [0.717, 1.165) is 6.07 Å². The molecule has 1 aromatic carbocycles. The number of para-hydroxylation sites is 1. The first-order chi connectivity index (χ1) is 7.96. The summed E-state index contributed by atoms with van der Waals surface area (Å²) in [6, 6.07) is 3.69. The van der Waals surface area contributed by atoms with E-state index in [2.05, 4.69) is 5.32 Å². The summed E-state index contributed by atoms with van der Waals surface area (Å²) in [5.74, 6) is 0. The van der Waals surface area contributed by atoms with Crippen LogP contribution < -0.4 is 5.32 Å². The molecule has 96 valence electrons. The van der Waals surface area contributed by atoms with Crippen molar-refractivity contribution < 1.29 is 17.9 Å². The van der Waals surface area contributed by atoms with Crippen molar-refractivity contribution in [3.05, 3.63) is 28.8 Å². The molecule has 0 aliphatic carbocycles. The smallest absolute Gasteiger partial charge is 0.381 e. The van der Waals surface area contributed by atoms with Crippen molar-refractivity contribution in [3.63, 3.8) is 0 Å². The Morgan fingerprint density at radius 1 is 1.35 bits per heavy atom. The van der Waals surface area contributed by atoms with Gasteiger partial charge in [-0.25, -0.2) is 0 Å². The minimum atomic E-state index is -4.42. The average molecular weight is 268 g/mol. The van der Waals surface area contributed by atoms with Crippen LogP contribution in [0.4, 0.5) is 18.9 Å². The van der Waals surface area contributed by atoms with Crippen LogP contribution in [0.3, 0.4) is 0 Å². The topological polar surface area (TPSA) is 21.3 Å². The molecular formula is C11H13ClF3NO. The Bertz CT molecular complexity index is 368. The van der Waals surface area contributed by atoms with Crippen LogP contribution in [0.1, 0.15) is 12.5 Å². The molecule has 17 heavy (non-hydrogen) atoms. The van der Waals surface area contributed by atoms with Crippen molar-refractivity contribution in [2.75, 3.05) is 25.1 Å². The van der Waals surface area contributed by atoms with Gasteiger partial charge >= 0.3 is 6.18 Å². The highest BCUT2D eigenvalue weighted by Gasteiger charge is 2.34. The van der Waals surface area contributed by atoms with Gasteiger partial charge in [0.15, 0.2) is 0 Å². The van der Waals surface area contributed by atoms with Gasteiger partial charge in [0.1, 0.15) is 0 Å². The molecule has 0 bridgehead atoms. The molecule has 0 radical (unpaired) electrons. The number of alkyl halides is 3. The maximum absolute atomic E-state index is 12.7. The van der Waals surface area contributed by atoms with Crippen molar-refractivity contribution in [3.8, 4) is 0 Å². The van der Waals surface area contributed by atoms with E-state index in [1.165, 1.54) is 12.1 Å². The fourth-order valence-corrected chi connectivity index (χ4v) is 1.57. The molecule has 0 aliphatic rings. The third kappa shape index (κ3) is 4.09. The lowest BCUT2D eigenvalue weighted by Gasteiger charge is -2.15. The summed E-state index contributed by atoms with van der Waals surface area (Å²) < 4.78 is 43.1. The molecule has 0 fully saturated rings. The monoisotopic (exact) mass is 267 g/mol. The SMILES string of the molecule is CCOCCNc1c(Cl)cccc1C(F)(F)F. The maximum atomic E-state index is 12.7. The molecule has 1 rings (SSSR count). The van der Waals surface area contributed by atoms with Gasteiger partial charge in [0.2, 0.25) is 0 Å². The second-order valence-corrected chi connectivity index (χ2v) is 3.69. The van der Waals surface area contributed by atoms with Crippen LogP contribution in [0.2, 0.25) is 5.02 Å². The van der Waals surface area contributed by atoms with Gasteiger partial charge in [-0.1, -0.05) is 17.7 Å². The van der Waals surface area contributed by atoms with Gasteiger partial charge in [0.25, 0.3) is 0 Å². The van der Waals surface area contributed by atoms with Crippen LogP contribution in [-0.2, 0) is 10.9 Å². The molecule has 0 spiro atoms. The van der Waals surface area contributed by atoms with E-state index >= 15 is 0 Å².